The molecule has 0 bridgehead atoms. The number of nitrogens with zero attached hydrogens (tertiary/aromatic N) is 1. The van der Waals surface area contributed by atoms with Gasteiger partial charge in [-0.2, -0.15) is 0 Å². The highest BCUT2D eigenvalue weighted by Crippen LogP contribution is 2.32. The molecule has 2 rings (SSSR count). The van der Waals surface area contributed by atoms with Gasteiger partial charge in [0, 0.05) is 0 Å². The van der Waals surface area contributed by atoms with E-state index in [0.717, 1.165) is 23.7 Å². The van der Waals surface area contributed by atoms with E-state index in [0.29, 0.717) is 17.7 Å². The normalized spacial score (nSPS) is 16.8. The van der Waals surface area contributed by atoms with Crippen LogP contribution < -0.4 is 5.32 Å². The minimum absolute atomic E-state index is 0.285. The minimum Gasteiger partial charge on any atom is -0.480 e. The summed E-state index contributed by atoms with van der Waals surface area (Å²) in [5.41, 5.74) is 0.864. The third kappa shape index (κ3) is 5.40. The lowest BCUT2D eigenvalue weighted by Gasteiger charge is -2.17. The van der Waals surface area contributed by atoms with E-state index in [9.17, 15) is 19.5 Å². The molecule has 1 unspecified atom stereocenters. The Morgan fingerprint density at radius 2 is 2.04 bits per heavy atom. The highest BCUT2D eigenvalue weighted by molar-refractivity contribution is 8.26. The van der Waals surface area contributed by atoms with E-state index in [1.54, 1.807) is 6.08 Å². The van der Waals surface area contributed by atoms with Crippen molar-refractivity contribution in [1.29, 1.82) is 0 Å². The summed E-state index contributed by atoms with van der Waals surface area (Å²) in [4.78, 5) is 37.5. The van der Waals surface area contributed by atoms with Crippen molar-refractivity contribution in [2.24, 2.45) is 0 Å². The molecule has 1 aliphatic rings. The van der Waals surface area contributed by atoms with Crippen LogP contribution in [0.1, 0.15) is 31.7 Å². The fourth-order valence-corrected chi connectivity index (χ4v) is 3.64. The molecule has 0 spiro atoms. The van der Waals surface area contributed by atoms with Gasteiger partial charge in [-0.15, -0.1) is 0 Å². The van der Waals surface area contributed by atoms with E-state index in [1.165, 1.54) is 4.90 Å². The SMILES string of the molecule is CCCCC(NC(=O)CN1C(=O)/C(=C/c2ccccc2)SC1=S)C(=O)O. The molecule has 0 aliphatic carbocycles. The van der Waals surface area contributed by atoms with Crippen molar-refractivity contribution >= 4 is 52.2 Å². The van der Waals surface area contributed by atoms with E-state index in [4.69, 9.17) is 12.2 Å². The van der Waals surface area contributed by atoms with Crippen molar-refractivity contribution in [3.05, 3.63) is 40.8 Å². The van der Waals surface area contributed by atoms with Gasteiger partial charge in [0.15, 0.2) is 0 Å². The topological polar surface area (TPSA) is 86.7 Å². The van der Waals surface area contributed by atoms with Crippen LogP contribution >= 0.6 is 24.0 Å². The number of aliphatic carboxylic acids is 1. The first-order valence-corrected chi connectivity index (χ1v) is 9.47. The first kappa shape index (κ1) is 20.1. The average molecular weight is 393 g/mol. The Bertz CT molecular complexity index is 734. The molecule has 0 aromatic heterocycles. The molecule has 1 fully saturated rings. The van der Waals surface area contributed by atoms with Crippen LogP contribution in [0.3, 0.4) is 0 Å². The van der Waals surface area contributed by atoms with Crippen molar-refractivity contribution in [3.8, 4) is 0 Å². The van der Waals surface area contributed by atoms with Crippen LogP contribution in [0.15, 0.2) is 35.2 Å². The zero-order chi connectivity index (χ0) is 19.1. The average Bonchev–Trinajstić information content (AvgIpc) is 2.86. The number of benzene rings is 1. The lowest BCUT2D eigenvalue weighted by molar-refractivity contribution is -0.142. The Hall–Kier alpha value is -2.19. The molecule has 1 aliphatic heterocycles. The van der Waals surface area contributed by atoms with E-state index >= 15 is 0 Å². The van der Waals surface area contributed by atoms with Crippen molar-refractivity contribution in [1.82, 2.24) is 10.2 Å². The van der Waals surface area contributed by atoms with Crippen molar-refractivity contribution in [3.63, 3.8) is 0 Å². The summed E-state index contributed by atoms with van der Waals surface area (Å²) in [7, 11) is 0. The van der Waals surface area contributed by atoms with Crippen LogP contribution in [0.25, 0.3) is 6.08 Å². The Balaban J connectivity index is 2.01. The smallest absolute Gasteiger partial charge is 0.326 e. The number of carboxylic acids is 1. The highest BCUT2D eigenvalue weighted by atomic mass is 32.2. The molecule has 138 valence electrons. The number of unbranched alkanes of at least 4 members (excludes halogenated alkanes) is 1. The molecule has 1 aromatic rings. The molecular weight excluding hydrogens is 372 g/mol. The Kier molecular flexibility index (Phi) is 7.35. The number of carbonyl (C=O) groups excluding carboxylic acids is 2. The van der Waals surface area contributed by atoms with Crippen molar-refractivity contribution in [2.45, 2.75) is 32.2 Å². The zero-order valence-corrected chi connectivity index (χ0v) is 15.9. The molecule has 8 heteroatoms. The molecule has 1 aromatic carbocycles. The third-order valence-electron chi connectivity index (χ3n) is 3.75. The monoisotopic (exact) mass is 392 g/mol. The lowest BCUT2D eigenvalue weighted by atomic mass is 10.1. The molecule has 1 heterocycles. The minimum atomic E-state index is -1.08. The van der Waals surface area contributed by atoms with Gasteiger partial charge in [0.2, 0.25) is 5.91 Å². The van der Waals surface area contributed by atoms with Gasteiger partial charge >= 0.3 is 5.97 Å². The van der Waals surface area contributed by atoms with E-state index in [2.05, 4.69) is 5.32 Å². The maximum Gasteiger partial charge on any atom is 0.326 e. The zero-order valence-electron chi connectivity index (χ0n) is 14.3. The second-order valence-corrected chi connectivity index (χ2v) is 7.45. The summed E-state index contributed by atoms with van der Waals surface area (Å²) in [6, 6.07) is 8.38. The molecule has 2 amide bonds. The lowest BCUT2D eigenvalue weighted by Crippen LogP contribution is -2.46. The fourth-order valence-electron chi connectivity index (χ4n) is 2.39. The van der Waals surface area contributed by atoms with Crippen molar-refractivity contribution < 1.29 is 19.5 Å². The standard InChI is InChI=1S/C18H20N2O4S2/c1-2-3-9-13(17(23)24)19-15(21)11-20-16(22)14(26-18(20)25)10-12-7-5-4-6-8-12/h4-8,10,13H,2-3,9,11H2,1H3,(H,19,21)(H,23,24)/b14-10-. The predicted molar refractivity (Wildman–Crippen MR) is 105 cm³/mol. The van der Waals surface area contributed by atoms with Crippen LogP contribution in [0.2, 0.25) is 0 Å². The number of hydrogen-bond donors (Lipinski definition) is 2. The first-order valence-electron chi connectivity index (χ1n) is 8.25. The molecule has 1 saturated heterocycles. The van der Waals surface area contributed by atoms with Gasteiger partial charge in [-0.25, -0.2) is 4.79 Å². The maximum absolute atomic E-state index is 12.5. The van der Waals surface area contributed by atoms with Gasteiger partial charge in [0.05, 0.1) is 4.91 Å². The van der Waals surface area contributed by atoms with E-state index < -0.39 is 17.9 Å². The summed E-state index contributed by atoms with van der Waals surface area (Å²) in [5, 5.41) is 11.6. The molecular formula is C18H20N2O4S2. The summed E-state index contributed by atoms with van der Waals surface area (Å²) in [6.07, 6.45) is 3.60. The molecule has 2 N–H and O–H groups in total. The van der Waals surface area contributed by atoms with Crippen LogP contribution in [0, 0.1) is 0 Å². The number of nitrogens with one attached hydrogen (secondary N) is 1. The van der Waals surface area contributed by atoms with Gasteiger partial charge < -0.3 is 10.4 Å². The predicted octanol–water partition coefficient (Wildman–Crippen LogP) is 2.65. The van der Waals surface area contributed by atoms with Gasteiger partial charge in [0.25, 0.3) is 5.91 Å². The second-order valence-electron chi connectivity index (χ2n) is 5.78. The van der Waals surface area contributed by atoms with Crippen molar-refractivity contribution in [2.75, 3.05) is 6.54 Å². The summed E-state index contributed by atoms with van der Waals surface area (Å²) in [5.74, 6) is -1.97. The number of thioether (sulfide) groups is 1. The molecule has 6 nitrogen and oxygen atoms in total. The van der Waals surface area contributed by atoms with Crippen LogP contribution in [0.5, 0.6) is 0 Å². The van der Waals surface area contributed by atoms with Gasteiger partial charge in [-0.1, -0.05) is 74.1 Å². The second kappa shape index (κ2) is 9.49. The summed E-state index contributed by atoms with van der Waals surface area (Å²) < 4.78 is 0.285. The van der Waals surface area contributed by atoms with Gasteiger partial charge in [0.1, 0.15) is 16.9 Å². The quantitative estimate of drug-likeness (QED) is 0.522. The number of amides is 2. The number of hydrogen-bond acceptors (Lipinski definition) is 5. The Labute approximate surface area is 161 Å². The van der Waals surface area contributed by atoms with Crippen LogP contribution in [-0.4, -0.2) is 44.7 Å². The largest absolute Gasteiger partial charge is 0.480 e. The highest BCUT2D eigenvalue weighted by Gasteiger charge is 2.34. The number of carboxylic acid groups (broad SMARTS) is 1. The van der Waals surface area contributed by atoms with E-state index in [1.807, 2.05) is 37.3 Å². The van der Waals surface area contributed by atoms with Gasteiger partial charge in [-0.05, 0) is 18.1 Å². The van der Waals surface area contributed by atoms with Gasteiger partial charge in [-0.3, -0.25) is 14.5 Å². The Morgan fingerprint density at radius 1 is 1.35 bits per heavy atom. The molecule has 0 radical (unpaired) electrons. The number of thiocarbonyl (C=S) groups is 1. The molecule has 1 atom stereocenters. The van der Waals surface area contributed by atoms with Crippen LogP contribution in [-0.2, 0) is 14.4 Å². The Morgan fingerprint density at radius 3 is 2.65 bits per heavy atom. The third-order valence-corrected chi connectivity index (χ3v) is 5.13. The fraction of sp³-hybridized carbons (Fsp3) is 0.333. The molecule has 26 heavy (non-hydrogen) atoms. The van der Waals surface area contributed by atoms with E-state index in [-0.39, 0.29) is 16.8 Å². The first-order chi connectivity index (χ1) is 12.4. The number of carbonyl (C=O) groups is 3. The maximum atomic E-state index is 12.5. The summed E-state index contributed by atoms with van der Waals surface area (Å²) >= 11 is 6.33. The molecule has 0 saturated carbocycles. The summed E-state index contributed by atoms with van der Waals surface area (Å²) in [6.45, 7) is 1.66. The van der Waals surface area contributed by atoms with Crippen LogP contribution in [0.4, 0.5) is 0 Å². The number of rotatable bonds is 8.